The van der Waals surface area contributed by atoms with Crippen molar-refractivity contribution in [3.63, 3.8) is 0 Å². The highest BCUT2D eigenvalue weighted by atomic mass is 35.5. The van der Waals surface area contributed by atoms with Crippen LogP contribution in [-0.4, -0.2) is 54.6 Å². The topological polar surface area (TPSA) is 43.8 Å². The summed E-state index contributed by atoms with van der Waals surface area (Å²) < 4.78 is 18.6. The molecule has 1 aromatic carbocycles. The van der Waals surface area contributed by atoms with Crippen molar-refractivity contribution in [3.05, 3.63) is 51.4 Å². The maximum atomic E-state index is 6.23. The number of hydrogen-bond donors (Lipinski definition) is 0. The summed E-state index contributed by atoms with van der Waals surface area (Å²) in [5.74, 6) is -0.412. The molecule has 0 bridgehead atoms. The van der Waals surface area contributed by atoms with E-state index in [1.807, 2.05) is 0 Å². The van der Waals surface area contributed by atoms with Gasteiger partial charge in [0.2, 0.25) is 0 Å². The van der Waals surface area contributed by atoms with Gasteiger partial charge in [-0.25, -0.2) is 4.98 Å². The zero-order valence-corrected chi connectivity index (χ0v) is 16.9. The summed E-state index contributed by atoms with van der Waals surface area (Å²) >= 11 is 7.28. The summed E-state index contributed by atoms with van der Waals surface area (Å²) in [6.45, 7) is 4.77. The van der Waals surface area contributed by atoms with Gasteiger partial charge in [0.15, 0.2) is 10.3 Å². The molecule has 146 valence electrons. The van der Waals surface area contributed by atoms with Crippen LogP contribution in [0.4, 0.5) is 0 Å². The quantitative estimate of drug-likeness (QED) is 0.697. The fourth-order valence-electron chi connectivity index (χ4n) is 3.65. The molecule has 5 nitrogen and oxygen atoms in total. The van der Waals surface area contributed by atoms with Gasteiger partial charge < -0.3 is 19.1 Å². The lowest BCUT2D eigenvalue weighted by molar-refractivity contribution is -0.199. The van der Waals surface area contributed by atoms with Gasteiger partial charge >= 0.3 is 0 Å². The number of aromatic nitrogens is 1. The number of piperidine rings is 1. The second-order valence-electron chi connectivity index (χ2n) is 7.13. The molecule has 7 heteroatoms. The first-order chi connectivity index (χ1) is 13.2. The van der Waals surface area contributed by atoms with Crippen LogP contribution in [0.15, 0.2) is 36.5 Å². The van der Waals surface area contributed by atoms with Crippen molar-refractivity contribution >= 4 is 22.9 Å². The Balaban J connectivity index is 1.16. The minimum atomic E-state index is -0.412. The Labute approximate surface area is 169 Å². The molecule has 2 aromatic rings. The Morgan fingerprint density at radius 3 is 2.81 bits per heavy atom. The van der Waals surface area contributed by atoms with Crippen molar-refractivity contribution in [2.45, 2.75) is 37.8 Å². The maximum absolute atomic E-state index is 6.23. The highest BCUT2D eigenvalue weighted by molar-refractivity contribution is 7.15. The van der Waals surface area contributed by atoms with E-state index in [0.717, 1.165) is 43.8 Å². The van der Waals surface area contributed by atoms with Gasteiger partial charge in [0.25, 0.3) is 0 Å². The van der Waals surface area contributed by atoms with Crippen molar-refractivity contribution in [3.8, 4) is 0 Å². The van der Waals surface area contributed by atoms with Crippen LogP contribution in [0, 0.1) is 0 Å². The van der Waals surface area contributed by atoms with Crippen molar-refractivity contribution in [2.75, 3.05) is 32.8 Å². The van der Waals surface area contributed by atoms with Crippen LogP contribution in [0.25, 0.3) is 0 Å². The second kappa shape index (κ2) is 8.99. The van der Waals surface area contributed by atoms with E-state index >= 15 is 0 Å². The predicted molar refractivity (Wildman–Crippen MR) is 106 cm³/mol. The van der Waals surface area contributed by atoms with Crippen LogP contribution >= 0.6 is 22.9 Å². The van der Waals surface area contributed by atoms with Gasteiger partial charge in [0, 0.05) is 38.7 Å². The van der Waals surface area contributed by atoms with E-state index < -0.39 is 5.79 Å². The summed E-state index contributed by atoms with van der Waals surface area (Å²) in [7, 11) is 0. The first kappa shape index (κ1) is 19.3. The molecule has 27 heavy (non-hydrogen) atoms. The summed E-state index contributed by atoms with van der Waals surface area (Å²) in [5, 5.41) is 0. The molecule has 0 saturated carbocycles. The molecule has 0 amide bonds. The number of rotatable bonds is 7. The number of benzene rings is 1. The van der Waals surface area contributed by atoms with Crippen LogP contribution in [0.3, 0.4) is 0 Å². The molecule has 1 spiro atoms. The molecule has 4 rings (SSSR count). The van der Waals surface area contributed by atoms with E-state index in [1.165, 1.54) is 16.9 Å². The molecule has 3 heterocycles. The van der Waals surface area contributed by atoms with Gasteiger partial charge in [-0.1, -0.05) is 41.9 Å². The number of nitrogens with zero attached hydrogens (tertiary/aromatic N) is 2. The Morgan fingerprint density at radius 2 is 2.07 bits per heavy atom. The smallest absolute Gasteiger partial charge is 0.183 e. The Morgan fingerprint density at radius 1 is 1.26 bits per heavy atom. The van der Waals surface area contributed by atoms with E-state index in [0.29, 0.717) is 24.3 Å². The molecule has 1 aromatic heterocycles. The van der Waals surface area contributed by atoms with Gasteiger partial charge in [-0.15, -0.1) is 11.3 Å². The van der Waals surface area contributed by atoms with Crippen LogP contribution < -0.4 is 0 Å². The molecule has 2 fully saturated rings. The highest BCUT2D eigenvalue weighted by Gasteiger charge is 2.43. The van der Waals surface area contributed by atoms with Crippen LogP contribution in [0.2, 0.25) is 4.47 Å². The molecule has 1 atom stereocenters. The van der Waals surface area contributed by atoms with Crippen LogP contribution in [0.5, 0.6) is 0 Å². The molecule has 2 saturated heterocycles. The average molecular weight is 409 g/mol. The zero-order chi connectivity index (χ0) is 18.5. The number of thiazole rings is 1. The third kappa shape index (κ3) is 5.28. The van der Waals surface area contributed by atoms with Crippen molar-refractivity contribution in [1.29, 1.82) is 0 Å². The van der Waals surface area contributed by atoms with E-state index in [1.54, 1.807) is 6.20 Å². The minimum Gasteiger partial charge on any atom is -0.373 e. The molecule has 0 N–H and O–H groups in total. The molecule has 2 aliphatic rings. The fourth-order valence-corrected chi connectivity index (χ4v) is 4.57. The molecule has 0 radical (unpaired) electrons. The van der Waals surface area contributed by atoms with Crippen LogP contribution in [0.1, 0.15) is 23.3 Å². The fraction of sp³-hybridized carbons (Fsp3) is 0.550. The van der Waals surface area contributed by atoms with Crippen molar-refractivity contribution in [2.24, 2.45) is 0 Å². The molecule has 0 aliphatic carbocycles. The Kier molecular flexibility index (Phi) is 6.42. The van der Waals surface area contributed by atoms with Gasteiger partial charge in [0.05, 0.1) is 24.7 Å². The van der Waals surface area contributed by atoms with E-state index in [-0.39, 0.29) is 6.10 Å². The van der Waals surface area contributed by atoms with Gasteiger partial charge in [-0.3, -0.25) is 0 Å². The van der Waals surface area contributed by atoms with Gasteiger partial charge in [-0.2, -0.15) is 0 Å². The van der Waals surface area contributed by atoms with Crippen LogP contribution in [-0.2, 0) is 27.2 Å². The number of ether oxygens (including phenoxy) is 3. The van der Waals surface area contributed by atoms with E-state index in [2.05, 4.69) is 40.2 Å². The SMILES string of the molecule is Clc1ncc(COCC2COC3(CCN(CCc4ccccc4)CC3)O2)s1. The number of likely N-dealkylation sites (tertiary alicyclic amines) is 1. The van der Waals surface area contributed by atoms with E-state index in [9.17, 15) is 0 Å². The third-order valence-electron chi connectivity index (χ3n) is 5.16. The molecular weight excluding hydrogens is 384 g/mol. The Bertz CT molecular complexity index is 719. The van der Waals surface area contributed by atoms with Gasteiger partial charge in [0.1, 0.15) is 6.10 Å². The number of halogens is 1. The monoisotopic (exact) mass is 408 g/mol. The van der Waals surface area contributed by atoms with Gasteiger partial charge in [-0.05, 0) is 12.0 Å². The predicted octanol–water partition coefficient (Wildman–Crippen LogP) is 3.76. The minimum absolute atomic E-state index is 0.00395. The van der Waals surface area contributed by atoms with Crippen molar-refractivity contribution < 1.29 is 14.2 Å². The molecule has 1 unspecified atom stereocenters. The summed E-state index contributed by atoms with van der Waals surface area (Å²) in [4.78, 5) is 7.55. The average Bonchev–Trinajstić information content (AvgIpc) is 3.29. The normalized spacial score (nSPS) is 22.5. The lowest BCUT2D eigenvalue weighted by Crippen LogP contribution is -2.46. The summed E-state index contributed by atoms with van der Waals surface area (Å²) in [6.07, 6.45) is 4.69. The molecule has 2 aliphatic heterocycles. The summed E-state index contributed by atoms with van der Waals surface area (Å²) in [5.41, 5.74) is 1.39. The highest BCUT2D eigenvalue weighted by Crippen LogP contribution is 2.34. The molecular formula is C20H25ClN2O3S. The lowest BCUT2D eigenvalue weighted by Gasteiger charge is -2.38. The first-order valence-electron chi connectivity index (χ1n) is 9.47. The number of hydrogen-bond acceptors (Lipinski definition) is 6. The lowest BCUT2D eigenvalue weighted by atomic mass is 10.0. The standard InChI is InChI=1S/C20H25ClN2O3S/c21-19-22-12-18(27-19)15-24-13-17-14-25-20(26-17)7-10-23(11-8-20)9-6-16-4-2-1-3-5-16/h1-5,12,17H,6-11,13-15H2. The second-order valence-corrected chi connectivity index (χ2v) is 8.83. The van der Waals surface area contributed by atoms with Crippen molar-refractivity contribution in [1.82, 2.24) is 9.88 Å². The largest absolute Gasteiger partial charge is 0.373 e. The summed E-state index contributed by atoms with van der Waals surface area (Å²) in [6, 6.07) is 10.7. The Hall–Kier alpha value is -1.02. The van der Waals surface area contributed by atoms with E-state index in [4.69, 9.17) is 25.8 Å². The maximum Gasteiger partial charge on any atom is 0.183 e. The zero-order valence-electron chi connectivity index (χ0n) is 15.3. The first-order valence-corrected chi connectivity index (χ1v) is 10.7. The third-order valence-corrected chi connectivity index (χ3v) is 6.25.